The van der Waals surface area contributed by atoms with Gasteiger partial charge in [0.2, 0.25) is 0 Å². The van der Waals surface area contributed by atoms with Crippen molar-refractivity contribution < 1.29 is 0 Å². The molecule has 0 saturated heterocycles. The van der Waals surface area contributed by atoms with Crippen molar-refractivity contribution in [2.45, 2.75) is 37.9 Å². The lowest BCUT2D eigenvalue weighted by molar-refractivity contribution is 0.547. The van der Waals surface area contributed by atoms with Gasteiger partial charge in [-0.05, 0) is 42.9 Å². The molecule has 0 aliphatic carbocycles. The molecule has 0 amide bonds. The zero-order chi connectivity index (χ0) is 11.3. The van der Waals surface area contributed by atoms with E-state index in [1.807, 2.05) is 0 Å². The minimum atomic E-state index is 0.606. The summed E-state index contributed by atoms with van der Waals surface area (Å²) < 4.78 is 1.17. The minimum Gasteiger partial charge on any atom is -0.0887 e. The predicted octanol–water partition coefficient (Wildman–Crippen LogP) is 5.19. The Bertz CT molecular complexity index is 294. The lowest BCUT2D eigenvalue weighted by Gasteiger charge is -2.11. The van der Waals surface area contributed by atoms with Crippen LogP contribution in [0.2, 0.25) is 0 Å². The largest absolute Gasteiger partial charge is 0.0887 e. The van der Waals surface area contributed by atoms with E-state index in [0.717, 1.165) is 12.3 Å². The molecule has 0 aliphatic rings. The van der Waals surface area contributed by atoms with Crippen LogP contribution in [0.5, 0.6) is 0 Å². The molecule has 0 spiro atoms. The summed E-state index contributed by atoms with van der Waals surface area (Å²) in [4.78, 5) is 0.606. The first-order chi connectivity index (χ1) is 7.08. The average molecular weight is 334 g/mol. The minimum absolute atomic E-state index is 0.606. The van der Waals surface area contributed by atoms with Gasteiger partial charge in [0, 0.05) is 9.30 Å². The summed E-state index contributed by atoms with van der Waals surface area (Å²) in [5.74, 6) is 0.799. The highest BCUT2D eigenvalue weighted by Gasteiger charge is 2.06. The van der Waals surface area contributed by atoms with Crippen LogP contribution in [0.25, 0.3) is 0 Å². The van der Waals surface area contributed by atoms with E-state index in [9.17, 15) is 0 Å². The average Bonchev–Trinajstić information content (AvgIpc) is 2.15. The Morgan fingerprint density at radius 1 is 1.20 bits per heavy atom. The van der Waals surface area contributed by atoms with Gasteiger partial charge in [0.05, 0.1) is 0 Å². The Kier molecular flexibility index (Phi) is 5.91. The van der Waals surface area contributed by atoms with Crippen molar-refractivity contribution in [2.24, 2.45) is 5.92 Å². The molecular weight excluding hydrogens is 316 g/mol. The zero-order valence-electron chi connectivity index (χ0n) is 9.34. The predicted molar refractivity (Wildman–Crippen MR) is 74.6 cm³/mol. The Morgan fingerprint density at radius 3 is 2.53 bits per heavy atom. The number of rotatable bonds is 5. The second kappa shape index (κ2) is 6.70. The van der Waals surface area contributed by atoms with Gasteiger partial charge in [0.15, 0.2) is 0 Å². The van der Waals surface area contributed by atoms with Crippen LogP contribution in [0.15, 0.2) is 28.7 Å². The van der Waals surface area contributed by atoms with Crippen LogP contribution in [0.1, 0.15) is 32.3 Å². The molecule has 1 rings (SSSR count). The van der Waals surface area contributed by atoms with Gasteiger partial charge >= 0.3 is 0 Å². The van der Waals surface area contributed by atoms with E-state index < -0.39 is 0 Å². The Morgan fingerprint density at radius 2 is 1.93 bits per heavy atom. The molecule has 0 saturated carbocycles. The van der Waals surface area contributed by atoms with Crippen LogP contribution < -0.4 is 0 Å². The number of hydrogen-bond donors (Lipinski definition) is 0. The fraction of sp³-hybridized carbons (Fsp3) is 0.538. The molecular formula is C13H18Br2. The standard InChI is InChI=1S/C13H18Br2/c1-10(2)6-7-13(15)9-11-4-3-5-12(14)8-11/h3-5,8,10,13H,6-7,9H2,1-2H3. The van der Waals surface area contributed by atoms with E-state index in [4.69, 9.17) is 0 Å². The molecule has 15 heavy (non-hydrogen) atoms. The number of halogens is 2. The van der Waals surface area contributed by atoms with Crippen molar-refractivity contribution in [1.29, 1.82) is 0 Å². The van der Waals surface area contributed by atoms with E-state index in [2.05, 4.69) is 70.0 Å². The third-order valence-electron chi connectivity index (χ3n) is 2.40. The SMILES string of the molecule is CC(C)CCC(Br)Cc1cccc(Br)c1. The summed E-state index contributed by atoms with van der Waals surface area (Å²) in [5, 5.41) is 0. The highest BCUT2D eigenvalue weighted by atomic mass is 79.9. The molecule has 2 heteroatoms. The molecule has 1 atom stereocenters. The highest BCUT2D eigenvalue weighted by Crippen LogP contribution is 2.20. The molecule has 1 aromatic rings. The van der Waals surface area contributed by atoms with Gasteiger partial charge in [-0.2, -0.15) is 0 Å². The zero-order valence-corrected chi connectivity index (χ0v) is 12.5. The lowest BCUT2D eigenvalue weighted by atomic mass is 10.0. The first kappa shape index (κ1) is 13.2. The fourth-order valence-electron chi connectivity index (χ4n) is 1.54. The van der Waals surface area contributed by atoms with E-state index in [1.165, 1.54) is 22.9 Å². The van der Waals surface area contributed by atoms with Gasteiger partial charge in [-0.3, -0.25) is 0 Å². The Balaban J connectivity index is 2.40. The second-order valence-corrected chi connectivity index (χ2v) is 6.61. The van der Waals surface area contributed by atoms with Gasteiger partial charge in [-0.15, -0.1) is 0 Å². The maximum atomic E-state index is 3.75. The summed E-state index contributed by atoms with van der Waals surface area (Å²) >= 11 is 7.25. The molecule has 0 heterocycles. The van der Waals surface area contributed by atoms with Crippen molar-refractivity contribution in [3.8, 4) is 0 Å². The quantitative estimate of drug-likeness (QED) is 0.650. The van der Waals surface area contributed by atoms with Crippen LogP contribution in [0, 0.1) is 5.92 Å². The summed E-state index contributed by atoms with van der Waals surface area (Å²) in [6, 6.07) is 8.56. The molecule has 0 aliphatic heterocycles. The highest BCUT2D eigenvalue weighted by molar-refractivity contribution is 9.10. The first-order valence-corrected chi connectivity index (χ1v) is 7.17. The number of benzene rings is 1. The Hall–Kier alpha value is 0.180. The number of alkyl halides is 1. The summed E-state index contributed by atoms with van der Waals surface area (Å²) in [6.45, 7) is 4.55. The van der Waals surface area contributed by atoms with E-state index >= 15 is 0 Å². The van der Waals surface area contributed by atoms with E-state index in [0.29, 0.717) is 4.83 Å². The van der Waals surface area contributed by atoms with Gasteiger partial charge < -0.3 is 0 Å². The second-order valence-electron chi connectivity index (χ2n) is 4.40. The summed E-state index contributed by atoms with van der Waals surface area (Å²) in [6.07, 6.45) is 3.67. The molecule has 0 bridgehead atoms. The monoisotopic (exact) mass is 332 g/mol. The van der Waals surface area contributed by atoms with Crippen LogP contribution in [-0.4, -0.2) is 4.83 Å². The number of hydrogen-bond acceptors (Lipinski definition) is 0. The normalized spacial score (nSPS) is 13.1. The maximum absolute atomic E-state index is 3.75. The van der Waals surface area contributed by atoms with Crippen molar-refractivity contribution >= 4 is 31.9 Å². The van der Waals surface area contributed by atoms with Crippen LogP contribution in [0.3, 0.4) is 0 Å². The van der Waals surface area contributed by atoms with Crippen LogP contribution in [0.4, 0.5) is 0 Å². The molecule has 0 aromatic heterocycles. The van der Waals surface area contributed by atoms with Gasteiger partial charge in [-0.1, -0.05) is 57.8 Å². The fourth-order valence-corrected chi connectivity index (χ4v) is 2.62. The van der Waals surface area contributed by atoms with Crippen molar-refractivity contribution in [2.75, 3.05) is 0 Å². The maximum Gasteiger partial charge on any atom is 0.0186 e. The molecule has 0 nitrogen and oxygen atoms in total. The first-order valence-electron chi connectivity index (χ1n) is 5.46. The molecule has 0 radical (unpaired) electrons. The van der Waals surface area contributed by atoms with E-state index in [1.54, 1.807) is 0 Å². The third kappa shape index (κ3) is 5.72. The van der Waals surface area contributed by atoms with Gasteiger partial charge in [0.1, 0.15) is 0 Å². The smallest absolute Gasteiger partial charge is 0.0186 e. The molecule has 1 unspecified atom stereocenters. The summed E-state index contributed by atoms with van der Waals surface area (Å²) in [5.41, 5.74) is 1.40. The van der Waals surface area contributed by atoms with Gasteiger partial charge in [-0.25, -0.2) is 0 Å². The van der Waals surface area contributed by atoms with Crippen molar-refractivity contribution in [1.82, 2.24) is 0 Å². The van der Waals surface area contributed by atoms with E-state index in [-0.39, 0.29) is 0 Å². The van der Waals surface area contributed by atoms with Gasteiger partial charge in [0.25, 0.3) is 0 Å². The third-order valence-corrected chi connectivity index (χ3v) is 3.68. The van der Waals surface area contributed by atoms with Crippen LogP contribution >= 0.6 is 31.9 Å². The van der Waals surface area contributed by atoms with Crippen molar-refractivity contribution in [3.63, 3.8) is 0 Å². The topological polar surface area (TPSA) is 0 Å². The van der Waals surface area contributed by atoms with Crippen LogP contribution in [-0.2, 0) is 6.42 Å². The lowest BCUT2D eigenvalue weighted by Crippen LogP contribution is -2.04. The molecule has 0 N–H and O–H groups in total. The Labute approximate surface area is 110 Å². The molecule has 0 fully saturated rings. The summed E-state index contributed by atoms with van der Waals surface area (Å²) in [7, 11) is 0. The van der Waals surface area contributed by atoms with Crippen molar-refractivity contribution in [3.05, 3.63) is 34.3 Å². The molecule has 84 valence electrons. The molecule has 1 aromatic carbocycles.